The summed E-state index contributed by atoms with van der Waals surface area (Å²) in [4.78, 5) is 11.9. The Morgan fingerprint density at radius 2 is 1.90 bits per heavy atom. The van der Waals surface area contributed by atoms with Crippen LogP contribution in [0.1, 0.15) is 37.0 Å². The van der Waals surface area contributed by atoms with Gasteiger partial charge in [-0.05, 0) is 50.6 Å². The number of nitrogens with two attached hydrogens (primary N) is 1. The van der Waals surface area contributed by atoms with Crippen LogP contribution in [0.15, 0.2) is 29.2 Å². The van der Waals surface area contributed by atoms with Gasteiger partial charge < -0.3 is 11.1 Å². The number of carbonyl (C=O) groups excluding carboxylic acids is 1. The van der Waals surface area contributed by atoms with Crippen LogP contribution >= 0.6 is 0 Å². The molecule has 1 rings (SSSR count). The molecule has 1 aromatic rings. The zero-order valence-electron chi connectivity index (χ0n) is 12.4. The van der Waals surface area contributed by atoms with Crippen molar-refractivity contribution >= 4 is 15.9 Å². The monoisotopic (exact) mass is 313 g/mol. The molecule has 1 unspecified atom stereocenters. The standard InChI is InChI=1S/C14H23N3O3S/c1-3-11(2)17-21(19,20)13-7-5-12(6-8-13)14(18)16-10-4-9-15/h5-8,11,17H,3-4,9-10,15H2,1-2H3,(H,16,18). The van der Waals surface area contributed by atoms with Crippen molar-refractivity contribution in [1.29, 1.82) is 0 Å². The maximum Gasteiger partial charge on any atom is 0.251 e. The third-order valence-corrected chi connectivity index (χ3v) is 4.67. The van der Waals surface area contributed by atoms with Crippen LogP contribution in [-0.4, -0.2) is 33.5 Å². The van der Waals surface area contributed by atoms with E-state index in [2.05, 4.69) is 10.0 Å². The molecule has 0 heterocycles. The number of sulfonamides is 1. The molecule has 0 saturated heterocycles. The Labute approximate surface area is 126 Å². The lowest BCUT2D eigenvalue weighted by Gasteiger charge is -2.12. The Kier molecular flexibility index (Phi) is 6.80. The first-order chi connectivity index (χ1) is 9.90. The van der Waals surface area contributed by atoms with Crippen LogP contribution in [0.3, 0.4) is 0 Å². The second kappa shape index (κ2) is 8.11. The number of carbonyl (C=O) groups is 1. The van der Waals surface area contributed by atoms with Crippen molar-refractivity contribution in [3.8, 4) is 0 Å². The van der Waals surface area contributed by atoms with Crippen LogP contribution < -0.4 is 15.8 Å². The first-order valence-corrected chi connectivity index (χ1v) is 8.49. The molecule has 6 nitrogen and oxygen atoms in total. The van der Waals surface area contributed by atoms with Gasteiger partial charge in [0.15, 0.2) is 0 Å². The van der Waals surface area contributed by atoms with E-state index in [4.69, 9.17) is 5.73 Å². The van der Waals surface area contributed by atoms with Crippen molar-refractivity contribution in [2.24, 2.45) is 5.73 Å². The quantitative estimate of drug-likeness (QED) is 0.619. The summed E-state index contributed by atoms with van der Waals surface area (Å²) in [5, 5.41) is 2.72. The zero-order valence-corrected chi connectivity index (χ0v) is 13.2. The van der Waals surface area contributed by atoms with E-state index < -0.39 is 10.0 Å². The van der Waals surface area contributed by atoms with Gasteiger partial charge in [0.2, 0.25) is 10.0 Å². The van der Waals surface area contributed by atoms with Crippen LogP contribution in [-0.2, 0) is 10.0 Å². The highest BCUT2D eigenvalue weighted by atomic mass is 32.2. The molecular formula is C14H23N3O3S. The molecule has 0 saturated carbocycles. The second-order valence-electron chi connectivity index (χ2n) is 4.85. The van der Waals surface area contributed by atoms with Gasteiger partial charge in [0.1, 0.15) is 0 Å². The predicted molar refractivity (Wildman–Crippen MR) is 82.5 cm³/mol. The maximum atomic E-state index is 12.1. The van der Waals surface area contributed by atoms with Crippen molar-refractivity contribution < 1.29 is 13.2 Å². The fourth-order valence-electron chi connectivity index (χ4n) is 1.61. The number of benzene rings is 1. The first-order valence-electron chi connectivity index (χ1n) is 7.01. The van der Waals surface area contributed by atoms with Gasteiger partial charge in [0.25, 0.3) is 5.91 Å². The molecule has 118 valence electrons. The molecule has 7 heteroatoms. The number of hydrogen-bond acceptors (Lipinski definition) is 4. The van der Waals surface area contributed by atoms with Crippen LogP contribution in [0.4, 0.5) is 0 Å². The molecule has 0 aromatic heterocycles. The van der Waals surface area contributed by atoms with Gasteiger partial charge in [0.05, 0.1) is 4.90 Å². The fourth-order valence-corrected chi connectivity index (χ4v) is 2.93. The molecular weight excluding hydrogens is 290 g/mol. The molecule has 0 radical (unpaired) electrons. The van der Waals surface area contributed by atoms with Crippen LogP contribution in [0.25, 0.3) is 0 Å². The summed E-state index contributed by atoms with van der Waals surface area (Å²) in [5.41, 5.74) is 5.77. The Bertz CT molecular complexity index is 555. The van der Waals surface area contributed by atoms with Crippen molar-refractivity contribution in [2.75, 3.05) is 13.1 Å². The maximum absolute atomic E-state index is 12.1. The molecule has 4 N–H and O–H groups in total. The number of nitrogens with one attached hydrogen (secondary N) is 2. The van der Waals surface area contributed by atoms with Gasteiger partial charge in [0, 0.05) is 18.2 Å². The van der Waals surface area contributed by atoms with E-state index >= 15 is 0 Å². The molecule has 21 heavy (non-hydrogen) atoms. The summed E-state index contributed by atoms with van der Waals surface area (Å²) in [6.45, 7) is 4.72. The highest BCUT2D eigenvalue weighted by molar-refractivity contribution is 7.89. The zero-order chi connectivity index (χ0) is 15.9. The SMILES string of the molecule is CCC(C)NS(=O)(=O)c1ccc(C(=O)NCCCN)cc1. The number of amides is 1. The van der Waals surface area contributed by atoms with Crippen LogP contribution in [0.5, 0.6) is 0 Å². The van der Waals surface area contributed by atoms with E-state index in [1.807, 2.05) is 6.92 Å². The molecule has 0 spiro atoms. The van der Waals surface area contributed by atoms with Crippen LogP contribution in [0.2, 0.25) is 0 Å². The summed E-state index contributed by atoms with van der Waals surface area (Å²) in [6, 6.07) is 5.74. The van der Waals surface area contributed by atoms with Gasteiger partial charge in [-0.15, -0.1) is 0 Å². The average Bonchev–Trinajstić information content (AvgIpc) is 2.47. The fraction of sp³-hybridized carbons (Fsp3) is 0.500. The van der Waals surface area contributed by atoms with E-state index in [1.54, 1.807) is 6.92 Å². The Morgan fingerprint density at radius 1 is 1.29 bits per heavy atom. The van der Waals surface area contributed by atoms with Crippen molar-refractivity contribution in [1.82, 2.24) is 10.0 Å². The summed E-state index contributed by atoms with van der Waals surface area (Å²) < 4.78 is 26.7. The van der Waals surface area contributed by atoms with Gasteiger partial charge >= 0.3 is 0 Å². The Balaban J connectivity index is 2.75. The summed E-state index contributed by atoms with van der Waals surface area (Å²) in [6.07, 6.45) is 1.41. The highest BCUT2D eigenvalue weighted by Gasteiger charge is 2.16. The van der Waals surface area contributed by atoms with Gasteiger partial charge in [-0.3, -0.25) is 4.79 Å². The third kappa shape index (κ3) is 5.45. The molecule has 0 aliphatic heterocycles. The lowest BCUT2D eigenvalue weighted by molar-refractivity contribution is 0.0953. The minimum absolute atomic E-state index is 0.130. The van der Waals surface area contributed by atoms with Crippen molar-refractivity contribution in [2.45, 2.75) is 37.6 Å². The largest absolute Gasteiger partial charge is 0.352 e. The van der Waals surface area contributed by atoms with E-state index in [0.717, 1.165) is 0 Å². The minimum Gasteiger partial charge on any atom is -0.352 e. The van der Waals surface area contributed by atoms with E-state index in [1.165, 1.54) is 24.3 Å². The van der Waals surface area contributed by atoms with Crippen molar-refractivity contribution in [3.05, 3.63) is 29.8 Å². The lowest BCUT2D eigenvalue weighted by Crippen LogP contribution is -2.32. The van der Waals surface area contributed by atoms with E-state index in [-0.39, 0.29) is 16.8 Å². The topological polar surface area (TPSA) is 101 Å². The molecule has 1 amide bonds. The van der Waals surface area contributed by atoms with Crippen molar-refractivity contribution in [3.63, 3.8) is 0 Å². The average molecular weight is 313 g/mol. The smallest absolute Gasteiger partial charge is 0.251 e. The normalized spacial score (nSPS) is 12.9. The van der Waals surface area contributed by atoms with Crippen LogP contribution in [0, 0.1) is 0 Å². The molecule has 1 aromatic carbocycles. The number of hydrogen-bond donors (Lipinski definition) is 3. The van der Waals surface area contributed by atoms with Gasteiger partial charge in [-0.1, -0.05) is 6.92 Å². The molecule has 1 atom stereocenters. The summed E-state index contributed by atoms with van der Waals surface area (Å²) >= 11 is 0. The number of rotatable bonds is 8. The van der Waals surface area contributed by atoms with E-state index in [0.29, 0.717) is 31.5 Å². The second-order valence-corrected chi connectivity index (χ2v) is 6.57. The predicted octanol–water partition coefficient (Wildman–Crippen LogP) is 0.842. The van der Waals surface area contributed by atoms with Gasteiger partial charge in [-0.2, -0.15) is 0 Å². The Morgan fingerprint density at radius 3 is 2.43 bits per heavy atom. The molecule has 0 aliphatic rings. The molecule has 0 aliphatic carbocycles. The lowest BCUT2D eigenvalue weighted by atomic mass is 10.2. The first kappa shape index (κ1) is 17.6. The minimum atomic E-state index is -3.53. The highest BCUT2D eigenvalue weighted by Crippen LogP contribution is 2.11. The van der Waals surface area contributed by atoms with Gasteiger partial charge in [-0.25, -0.2) is 13.1 Å². The third-order valence-electron chi connectivity index (χ3n) is 3.06. The Hall–Kier alpha value is -1.44. The molecule has 0 fully saturated rings. The van der Waals surface area contributed by atoms with E-state index in [9.17, 15) is 13.2 Å². The summed E-state index contributed by atoms with van der Waals surface area (Å²) in [7, 11) is -3.53. The summed E-state index contributed by atoms with van der Waals surface area (Å²) in [5.74, 6) is -0.234. The molecule has 0 bridgehead atoms.